The van der Waals surface area contributed by atoms with Crippen LogP contribution in [0.3, 0.4) is 0 Å². The molecule has 0 unspecified atom stereocenters. The molecule has 3 aromatic rings. The van der Waals surface area contributed by atoms with Crippen LogP contribution in [0.25, 0.3) is 11.3 Å². The summed E-state index contributed by atoms with van der Waals surface area (Å²) in [6.07, 6.45) is 3.17. The number of urea groups is 1. The number of halogens is 1. The van der Waals surface area contributed by atoms with E-state index in [0.717, 1.165) is 0 Å². The molecule has 6 heteroatoms. The number of aromatic nitrogens is 1. The molecule has 2 heterocycles. The summed E-state index contributed by atoms with van der Waals surface area (Å²) in [4.78, 5) is 16.0. The Balaban J connectivity index is 1.67. The van der Waals surface area contributed by atoms with Crippen LogP contribution >= 0.6 is 0 Å². The molecule has 0 aliphatic rings. The van der Waals surface area contributed by atoms with E-state index in [4.69, 9.17) is 4.42 Å². The van der Waals surface area contributed by atoms with Crippen molar-refractivity contribution >= 4 is 11.7 Å². The lowest BCUT2D eigenvalue weighted by Gasteiger charge is -2.09. The molecule has 116 valence electrons. The van der Waals surface area contributed by atoms with Crippen molar-refractivity contribution in [3.63, 3.8) is 0 Å². The van der Waals surface area contributed by atoms with Crippen LogP contribution in [-0.2, 0) is 6.54 Å². The molecule has 0 atom stereocenters. The number of carbonyl (C=O) groups is 1. The zero-order valence-electron chi connectivity index (χ0n) is 12.1. The van der Waals surface area contributed by atoms with Gasteiger partial charge in [-0.15, -0.1) is 0 Å². The predicted molar refractivity (Wildman–Crippen MR) is 84.2 cm³/mol. The summed E-state index contributed by atoms with van der Waals surface area (Å²) in [5, 5.41) is 5.11. The summed E-state index contributed by atoms with van der Waals surface area (Å²) in [5.41, 5.74) is 1.47. The maximum atomic E-state index is 13.8. The number of hydrogen-bond donors (Lipinski definition) is 2. The molecule has 2 amide bonds. The standard InChI is InChI=1S/C17H14FN3O2/c18-14-7-6-12(16-5-3-9-23-16)10-15(14)21-17(22)20-11-13-4-1-2-8-19-13/h1-10H,11H2,(H2,20,21,22). The Bertz CT molecular complexity index is 789. The van der Waals surface area contributed by atoms with Gasteiger partial charge in [-0.2, -0.15) is 0 Å². The topological polar surface area (TPSA) is 67.2 Å². The van der Waals surface area contributed by atoms with E-state index in [1.54, 1.807) is 36.5 Å². The van der Waals surface area contributed by atoms with Gasteiger partial charge in [0.25, 0.3) is 0 Å². The molecule has 3 rings (SSSR count). The van der Waals surface area contributed by atoms with E-state index in [2.05, 4.69) is 15.6 Å². The second-order valence-electron chi connectivity index (χ2n) is 4.80. The average Bonchev–Trinajstić information content (AvgIpc) is 3.10. The van der Waals surface area contributed by atoms with Crippen LogP contribution in [0.1, 0.15) is 5.69 Å². The van der Waals surface area contributed by atoms with Gasteiger partial charge in [-0.05, 0) is 42.5 Å². The molecule has 2 aromatic heterocycles. The average molecular weight is 311 g/mol. The van der Waals surface area contributed by atoms with E-state index in [-0.39, 0.29) is 12.2 Å². The molecular weight excluding hydrogens is 297 g/mol. The minimum atomic E-state index is -0.520. The predicted octanol–water partition coefficient (Wildman–Crippen LogP) is 3.80. The van der Waals surface area contributed by atoms with Gasteiger partial charge in [-0.25, -0.2) is 9.18 Å². The summed E-state index contributed by atoms with van der Waals surface area (Å²) in [6, 6.07) is 12.8. The molecule has 0 aliphatic carbocycles. The normalized spacial score (nSPS) is 10.3. The quantitative estimate of drug-likeness (QED) is 0.770. The summed E-state index contributed by atoms with van der Waals surface area (Å²) >= 11 is 0. The molecule has 0 saturated heterocycles. The maximum Gasteiger partial charge on any atom is 0.319 e. The van der Waals surface area contributed by atoms with Gasteiger partial charge in [-0.1, -0.05) is 6.07 Å². The van der Waals surface area contributed by atoms with E-state index >= 15 is 0 Å². The number of nitrogens with one attached hydrogen (secondary N) is 2. The van der Waals surface area contributed by atoms with Crippen LogP contribution in [0.5, 0.6) is 0 Å². The van der Waals surface area contributed by atoms with E-state index in [1.807, 2.05) is 6.07 Å². The van der Waals surface area contributed by atoms with Gasteiger partial charge in [-0.3, -0.25) is 4.98 Å². The van der Waals surface area contributed by atoms with Crippen molar-refractivity contribution in [2.75, 3.05) is 5.32 Å². The van der Waals surface area contributed by atoms with E-state index < -0.39 is 11.8 Å². The van der Waals surface area contributed by atoms with E-state index in [1.165, 1.54) is 18.4 Å². The fourth-order valence-electron chi connectivity index (χ4n) is 2.06. The lowest BCUT2D eigenvalue weighted by atomic mass is 10.1. The number of anilines is 1. The van der Waals surface area contributed by atoms with Gasteiger partial charge in [0.2, 0.25) is 0 Å². The minimum absolute atomic E-state index is 0.0809. The lowest BCUT2D eigenvalue weighted by Crippen LogP contribution is -2.28. The van der Waals surface area contributed by atoms with Crippen molar-refractivity contribution in [1.29, 1.82) is 0 Å². The van der Waals surface area contributed by atoms with Crippen LogP contribution in [0.15, 0.2) is 65.4 Å². The third kappa shape index (κ3) is 3.74. The number of nitrogens with zero attached hydrogens (tertiary/aromatic N) is 1. The smallest absolute Gasteiger partial charge is 0.319 e. The number of hydrogen-bond acceptors (Lipinski definition) is 3. The van der Waals surface area contributed by atoms with Gasteiger partial charge >= 0.3 is 6.03 Å². The highest BCUT2D eigenvalue weighted by Crippen LogP contribution is 2.25. The molecule has 0 fully saturated rings. The monoisotopic (exact) mass is 311 g/mol. The largest absolute Gasteiger partial charge is 0.464 e. The zero-order chi connectivity index (χ0) is 16.1. The Hall–Kier alpha value is -3.15. The Morgan fingerprint density at radius 3 is 2.83 bits per heavy atom. The fraction of sp³-hybridized carbons (Fsp3) is 0.0588. The molecule has 5 nitrogen and oxygen atoms in total. The summed E-state index contributed by atoms with van der Waals surface area (Å²) in [6.45, 7) is 0.256. The van der Waals surface area contributed by atoms with Gasteiger partial charge in [0.15, 0.2) is 0 Å². The van der Waals surface area contributed by atoms with Crippen LogP contribution in [-0.4, -0.2) is 11.0 Å². The highest BCUT2D eigenvalue weighted by atomic mass is 19.1. The van der Waals surface area contributed by atoms with Crippen molar-refractivity contribution < 1.29 is 13.6 Å². The Morgan fingerprint density at radius 1 is 1.17 bits per heavy atom. The number of pyridine rings is 1. The first kappa shape index (κ1) is 14.8. The SMILES string of the molecule is O=C(NCc1ccccn1)Nc1cc(-c2ccco2)ccc1F. The van der Waals surface area contributed by atoms with Crippen molar-refractivity contribution in [3.05, 3.63) is 72.5 Å². The van der Waals surface area contributed by atoms with Crippen LogP contribution < -0.4 is 10.6 Å². The minimum Gasteiger partial charge on any atom is -0.464 e. The van der Waals surface area contributed by atoms with Gasteiger partial charge < -0.3 is 15.1 Å². The summed E-state index contributed by atoms with van der Waals surface area (Å²) < 4.78 is 19.1. The van der Waals surface area contributed by atoms with E-state index in [0.29, 0.717) is 17.0 Å². The van der Waals surface area contributed by atoms with Crippen molar-refractivity contribution in [3.8, 4) is 11.3 Å². The van der Waals surface area contributed by atoms with Gasteiger partial charge in [0, 0.05) is 11.8 Å². The van der Waals surface area contributed by atoms with Crippen LogP contribution in [0, 0.1) is 5.82 Å². The number of carbonyl (C=O) groups excluding carboxylic acids is 1. The highest BCUT2D eigenvalue weighted by Gasteiger charge is 2.10. The Morgan fingerprint density at radius 2 is 2.09 bits per heavy atom. The van der Waals surface area contributed by atoms with Crippen molar-refractivity contribution in [1.82, 2.24) is 10.3 Å². The zero-order valence-corrected chi connectivity index (χ0v) is 12.1. The maximum absolute atomic E-state index is 13.8. The van der Waals surface area contributed by atoms with Crippen LogP contribution in [0.4, 0.5) is 14.9 Å². The van der Waals surface area contributed by atoms with Crippen molar-refractivity contribution in [2.24, 2.45) is 0 Å². The lowest BCUT2D eigenvalue weighted by molar-refractivity contribution is 0.251. The number of benzene rings is 1. The molecule has 0 saturated carbocycles. The molecule has 0 spiro atoms. The van der Waals surface area contributed by atoms with Crippen molar-refractivity contribution in [2.45, 2.75) is 6.54 Å². The first-order valence-electron chi connectivity index (χ1n) is 7.00. The first-order chi connectivity index (χ1) is 11.2. The number of furan rings is 1. The van der Waals surface area contributed by atoms with Gasteiger partial charge in [0.1, 0.15) is 11.6 Å². The number of rotatable bonds is 4. The summed E-state index contributed by atoms with van der Waals surface area (Å²) in [5.74, 6) is 0.0789. The third-order valence-electron chi connectivity index (χ3n) is 3.18. The molecule has 23 heavy (non-hydrogen) atoms. The summed E-state index contributed by atoms with van der Waals surface area (Å²) in [7, 11) is 0. The Kier molecular flexibility index (Phi) is 4.33. The van der Waals surface area contributed by atoms with E-state index in [9.17, 15) is 9.18 Å². The molecule has 0 bridgehead atoms. The molecular formula is C17H14FN3O2. The molecule has 0 radical (unpaired) electrons. The first-order valence-corrected chi connectivity index (χ1v) is 7.00. The number of amides is 2. The molecule has 1 aromatic carbocycles. The molecule has 0 aliphatic heterocycles. The second-order valence-corrected chi connectivity index (χ2v) is 4.80. The highest BCUT2D eigenvalue weighted by molar-refractivity contribution is 5.90. The third-order valence-corrected chi connectivity index (χ3v) is 3.18. The second kappa shape index (κ2) is 6.74. The van der Waals surface area contributed by atoms with Gasteiger partial charge in [0.05, 0.1) is 24.2 Å². The van der Waals surface area contributed by atoms with Crippen LogP contribution in [0.2, 0.25) is 0 Å². The molecule has 2 N–H and O–H groups in total. The Labute approximate surface area is 132 Å². The fourth-order valence-corrected chi connectivity index (χ4v) is 2.06.